The average Bonchev–Trinajstić information content (AvgIpc) is 2.81. The molecule has 0 radical (unpaired) electrons. The Labute approximate surface area is 198 Å². The third kappa shape index (κ3) is 6.02. The van der Waals surface area contributed by atoms with Gasteiger partial charge in [0.05, 0.1) is 18.0 Å². The molecule has 0 fully saturated rings. The van der Waals surface area contributed by atoms with Crippen LogP contribution in [0.5, 0.6) is 5.75 Å². The quantitative estimate of drug-likeness (QED) is 0.543. The molecule has 2 atom stereocenters. The fraction of sp³-hybridized carbons (Fsp3) is 0.391. The van der Waals surface area contributed by atoms with Crippen molar-refractivity contribution in [3.05, 3.63) is 53.6 Å². The van der Waals surface area contributed by atoms with Crippen LogP contribution in [0.1, 0.15) is 23.3 Å². The third-order valence-electron chi connectivity index (χ3n) is 4.95. The lowest BCUT2D eigenvalue weighted by Gasteiger charge is -2.28. The van der Waals surface area contributed by atoms with Gasteiger partial charge in [0, 0.05) is 24.9 Å². The summed E-state index contributed by atoms with van der Waals surface area (Å²) in [5, 5.41) is -0.364. The first-order chi connectivity index (χ1) is 14.3. The zero-order valence-electron chi connectivity index (χ0n) is 18.5. The van der Waals surface area contributed by atoms with E-state index in [0.29, 0.717) is 13.1 Å². The van der Waals surface area contributed by atoms with Crippen molar-refractivity contribution in [2.45, 2.75) is 30.1 Å². The second kappa shape index (κ2) is 11.0. The fourth-order valence-electron chi connectivity index (χ4n) is 3.40. The number of likely N-dealkylation sites (N-methyl/N-ethyl adjacent to an activating group) is 1. The van der Waals surface area contributed by atoms with Crippen LogP contribution in [0.15, 0.2) is 47.4 Å². The van der Waals surface area contributed by atoms with Gasteiger partial charge in [-0.15, -0.1) is 28.7 Å². The van der Waals surface area contributed by atoms with E-state index in [2.05, 4.69) is 6.07 Å². The minimum atomic E-state index is -0.921. The van der Waals surface area contributed by atoms with Crippen molar-refractivity contribution >= 4 is 46.3 Å². The van der Waals surface area contributed by atoms with Crippen LogP contribution in [-0.4, -0.2) is 57.2 Å². The number of ether oxygens (including phenoxy) is 2. The summed E-state index contributed by atoms with van der Waals surface area (Å²) in [6, 6.07) is 13.6. The Hall–Kier alpha value is -2.03. The van der Waals surface area contributed by atoms with E-state index in [9.17, 15) is 9.59 Å². The van der Waals surface area contributed by atoms with Crippen molar-refractivity contribution in [3.8, 4) is 5.75 Å². The number of carbonyl (C=O) groups is 2. The molecule has 2 aromatic rings. The van der Waals surface area contributed by atoms with Gasteiger partial charge in [-0.1, -0.05) is 18.2 Å². The highest BCUT2D eigenvalue weighted by Gasteiger charge is 2.40. The van der Waals surface area contributed by atoms with Gasteiger partial charge < -0.3 is 19.3 Å². The van der Waals surface area contributed by atoms with Gasteiger partial charge in [0.2, 0.25) is 0 Å². The second-order valence-electron chi connectivity index (χ2n) is 7.61. The number of hydrogen-bond donors (Lipinski definition) is 0. The van der Waals surface area contributed by atoms with Crippen LogP contribution in [0, 0.1) is 6.92 Å². The number of nitrogens with zero attached hydrogens (tertiary/aromatic N) is 2. The highest BCUT2D eigenvalue weighted by atomic mass is 79.9. The molecule has 1 heterocycles. The second-order valence-corrected chi connectivity index (χ2v) is 8.79. The SMILES string of the molecule is Br.COc1ccc([C@H]2Sc3cc(C)ccc3N(CCN(C)C)C(=O)[C@H]2OC(C)=O)cc1. The first-order valence-corrected chi connectivity index (χ1v) is 10.7. The molecule has 0 N–H and O–H groups in total. The Kier molecular flexibility index (Phi) is 8.97. The summed E-state index contributed by atoms with van der Waals surface area (Å²) < 4.78 is 10.9. The van der Waals surface area contributed by atoms with E-state index in [4.69, 9.17) is 9.47 Å². The van der Waals surface area contributed by atoms with Crippen LogP contribution in [-0.2, 0) is 14.3 Å². The van der Waals surface area contributed by atoms with Crippen LogP contribution in [0.25, 0.3) is 0 Å². The lowest BCUT2D eigenvalue weighted by atomic mass is 10.1. The lowest BCUT2D eigenvalue weighted by Crippen LogP contribution is -2.45. The largest absolute Gasteiger partial charge is 0.497 e. The number of amides is 1. The Morgan fingerprint density at radius 1 is 1.16 bits per heavy atom. The van der Waals surface area contributed by atoms with Crippen LogP contribution >= 0.6 is 28.7 Å². The topological polar surface area (TPSA) is 59.1 Å². The molecule has 0 saturated heterocycles. The highest BCUT2D eigenvalue weighted by molar-refractivity contribution is 8.93. The number of halogens is 1. The number of carbonyl (C=O) groups excluding carboxylic acids is 2. The minimum Gasteiger partial charge on any atom is -0.497 e. The summed E-state index contributed by atoms with van der Waals surface area (Å²) in [4.78, 5) is 30.3. The minimum absolute atomic E-state index is 0. The molecular formula is C23H29BrN2O4S. The van der Waals surface area contributed by atoms with Gasteiger partial charge in [0.1, 0.15) is 5.75 Å². The summed E-state index contributed by atoms with van der Waals surface area (Å²) in [5.41, 5.74) is 2.87. The predicted molar refractivity (Wildman–Crippen MR) is 130 cm³/mol. The first kappa shape index (κ1) is 25.2. The number of esters is 1. The Bertz CT molecular complexity index is 920. The van der Waals surface area contributed by atoms with E-state index < -0.39 is 12.1 Å². The van der Waals surface area contributed by atoms with E-state index in [1.807, 2.05) is 62.3 Å². The fourth-order valence-corrected chi connectivity index (χ4v) is 4.81. The Morgan fingerprint density at radius 3 is 2.42 bits per heavy atom. The Balaban J connectivity index is 0.00000341. The van der Waals surface area contributed by atoms with Gasteiger partial charge in [0.25, 0.3) is 5.91 Å². The summed E-state index contributed by atoms with van der Waals surface area (Å²) in [6.45, 7) is 4.58. The molecular weight excluding hydrogens is 480 g/mol. The number of aryl methyl sites for hydroxylation is 1. The zero-order valence-corrected chi connectivity index (χ0v) is 21.0. The first-order valence-electron chi connectivity index (χ1n) is 9.84. The van der Waals surface area contributed by atoms with Gasteiger partial charge in [-0.2, -0.15) is 0 Å². The summed E-state index contributed by atoms with van der Waals surface area (Å²) in [5.74, 6) is 0.0571. The number of rotatable bonds is 6. The molecule has 2 aromatic carbocycles. The number of thioether (sulfide) groups is 1. The van der Waals surface area contributed by atoms with Gasteiger partial charge >= 0.3 is 5.97 Å². The predicted octanol–water partition coefficient (Wildman–Crippen LogP) is 4.25. The van der Waals surface area contributed by atoms with Gasteiger partial charge in [-0.3, -0.25) is 9.59 Å². The molecule has 8 heteroatoms. The number of fused-ring (bicyclic) bond motifs is 1. The van der Waals surface area contributed by atoms with Crippen LogP contribution in [0.3, 0.4) is 0 Å². The molecule has 31 heavy (non-hydrogen) atoms. The normalized spacial score (nSPS) is 18.1. The van der Waals surface area contributed by atoms with Crippen LogP contribution in [0.2, 0.25) is 0 Å². The highest BCUT2D eigenvalue weighted by Crippen LogP contribution is 2.47. The monoisotopic (exact) mass is 508 g/mol. The van der Waals surface area contributed by atoms with Gasteiger partial charge in [-0.25, -0.2) is 0 Å². The summed E-state index contributed by atoms with van der Waals surface area (Å²) >= 11 is 1.56. The molecule has 1 aliphatic rings. The van der Waals surface area contributed by atoms with Crippen molar-refractivity contribution in [1.29, 1.82) is 0 Å². The zero-order chi connectivity index (χ0) is 21.8. The molecule has 0 bridgehead atoms. The van der Waals surface area contributed by atoms with Crippen molar-refractivity contribution in [3.63, 3.8) is 0 Å². The Morgan fingerprint density at radius 2 is 1.84 bits per heavy atom. The molecule has 0 saturated carbocycles. The summed E-state index contributed by atoms with van der Waals surface area (Å²) in [6.07, 6.45) is -0.921. The molecule has 3 rings (SSSR count). The third-order valence-corrected chi connectivity index (χ3v) is 6.31. The van der Waals surface area contributed by atoms with E-state index >= 15 is 0 Å². The standard InChI is InChI=1S/C23H28N2O4S.BrH/c1-15-6-11-19-20(14-15)30-22(17-7-9-18(28-5)10-8-17)21(29-16(2)26)23(27)25(19)13-12-24(3)4;/h6-11,14,21-22H,12-13H2,1-5H3;1H/t21-,22+;/m0./s1. The van der Waals surface area contributed by atoms with Gasteiger partial charge in [-0.05, 0) is 56.4 Å². The number of methoxy groups -OCH3 is 1. The van der Waals surface area contributed by atoms with Crippen molar-refractivity contribution in [2.75, 3.05) is 39.2 Å². The molecule has 0 unspecified atom stereocenters. The van der Waals surface area contributed by atoms with E-state index in [-0.39, 0.29) is 28.1 Å². The molecule has 168 valence electrons. The molecule has 1 amide bonds. The molecule has 0 aromatic heterocycles. The average molecular weight is 509 g/mol. The molecule has 0 aliphatic carbocycles. The van der Waals surface area contributed by atoms with E-state index in [0.717, 1.165) is 27.5 Å². The van der Waals surface area contributed by atoms with Crippen molar-refractivity contribution < 1.29 is 19.1 Å². The maximum absolute atomic E-state index is 13.6. The maximum atomic E-state index is 13.6. The van der Waals surface area contributed by atoms with Crippen molar-refractivity contribution in [1.82, 2.24) is 4.90 Å². The van der Waals surface area contributed by atoms with E-state index in [1.165, 1.54) is 6.92 Å². The number of hydrogen-bond acceptors (Lipinski definition) is 6. The molecule has 1 aliphatic heterocycles. The lowest BCUT2D eigenvalue weighted by molar-refractivity contribution is -0.152. The van der Waals surface area contributed by atoms with Crippen molar-refractivity contribution in [2.24, 2.45) is 0 Å². The maximum Gasteiger partial charge on any atom is 0.303 e. The molecule has 0 spiro atoms. The van der Waals surface area contributed by atoms with Crippen LogP contribution < -0.4 is 9.64 Å². The number of anilines is 1. The van der Waals surface area contributed by atoms with Gasteiger partial charge in [0.15, 0.2) is 6.10 Å². The molecule has 6 nitrogen and oxygen atoms in total. The number of benzene rings is 2. The summed E-state index contributed by atoms with van der Waals surface area (Å²) in [7, 11) is 5.55. The van der Waals surface area contributed by atoms with E-state index in [1.54, 1.807) is 23.8 Å². The van der Waals surface area contributed by atoms with Crippen LogP contribution in [0.4, 0.5) is 5.69 Å². The smallest absolute Gasteiger partial charge is 0.303 e.